The molecule has 120 heavy (non-hydrogen) atoms. The van der Waals surface area contributed by atoms with Crippen LogP contribution >= 0.6 is 70.6 Å². The van der Waals surface area contributed by atoms with Crippen LogP contribution in [0.25, 0.3) is 0 Å². The van der Waals surface area contributed by atoms with Crippen molar-refractivity contribution >= 4 is 70.6 Å². The van der Waals surface area contributed by atoms with Gasteiger partial charge in [0.15, 0.2) is 35.8 Å². The van der Waals surface area contributed by atoms with E-state index < -0.39 is 40.7 Å². The van der Waals surface area contributed by atoms with Crippen molar-refractivity contribution in [3.63, 3.8) is 0 Å². The molecule has 9 fully saturated rings. The lowest BCUT2D eigenvalue weighted by molar-refractivity contribution is -0.187. The van der Waals surface area contributed by atoms with Crippen LogP contribution in [0.5, 0.6) is 0 Å². The molecule has 9 aliphatic rings. The molecular weight excluding hydrogens is 1640 g/mol. The molecule has 8 aliphatic heterocycles. The van der Waals surface area contributed by atoms with Gasteiger partial charge in [-0.1, -0.05) is 168 Å². The van der Waals surface area contributed by atoms with Gasteiger partial charge in [0.25, 0.3) is 0 Å². The van der Waals surface area contributed by atoms with Gasteiger partial charge in [-0.15, -0.1) is 47.0 Å². The van der Waals surface area contributed by atoms with Gasteiger partial charge in [-0.25, -0.2) is 35.1 Å². The average molecular weight is 1800 g/mol. The molecule has 1 aliphatic carbocycles. The van der Waals surface area contributed by atoms with Crippen molar-refractivity contribution in [2.45, 2.75) is 315 Å². The van der Waals surface area contributed by atoms with Crippen molar-refractivity contribution in [2.75, 3.05) is 74.2 Å². The van der Waals surface area contributed by atoms with Gasteiger partial charge >= 0.3 is 0 Å². The van der Waals surface area contributed by atoms with E-state index in [1.54, 1.807) is 32.0 Å². The molecule has 0 spiro atoms. The Kier molecular flexibility index (Phi) is 63.4. The summed E-state index contributed by atoms with van der Waals surface area (Å²) in [5, 5.41) is 1.87. The van der Waals surface area contributed by atoms with E-state index in [0.29, 0.717) is 46.3 Å². The molecule has 8 heterocycles. The van der Waals surface area contributed by atoms with Gasteiger partial charge in [0.05, 0.1) is 38.6 Å². The number of benzene rings is 5. The fraction of sp³-hybridized carbons (Fsp3) is 0.700. The van der Waals surface area contributed by atoms with Crippen molar-refractivity contribution in [3.8, 4) is 0 Å². The average Bonchev–Trinajstić information content (AvgIpc) is 0.834. The molecule has 0 radical (unpaired) electrons. The number of aryl methyl sites for hydroxylation is 8. The summed E-state index contributed by atoms with van der Waals surface area (Å²) in [6.45, 7) is 62.0. The van der Waals surface area contributed by atoms with Gasteiger partial charge in [0.1, 0.15) is 23.3 Å². The summed E-state index contributed by atoms with van der Waals surface area (Å²) in [6.07, 6.45) is 17.9. The number of halogens is 8. The van der Waals surface area contributed by atoms with Crippen LogP contribution in [-0.2, 0) is 28.4 Å². The van der Waals surface area contributed by atoms with Crippen molar-refractivity contribution in [1.29, 1.82) is 0 Å². The summed E-state index contributed by atoms with van der Waals surface area (Å²) in [5.74, 6) is 11.6. The molecule has 5 aromatic rings. The van der Waals surface area contributed by atoms with Crippen LogP contribution in [-0.4, -0.2) is 119 Å². The number of rotatable bonds is 0. The normalized spacial score (nSPS) is 27.8. The summed E-state index contributed by atoms with van der Waals surface area (Å²) >= 11 is 12.6. The van der Waals surface area contributed by atoms with Gasteiger partial charge in [-0.05, 0) is 302 Å². The fourth-order valence-corrected chi connectivity index (χ4v) is 19.1. The van der Waals surface area contributed by atoms with E-state index in [1.807, 2.05) is 26.8 Å². The van der Waals surface area contributed by atoms with Crippen LogP contribution in [0.15, 0.2) is 72.8 Å². The molecule has 5 aromatic carbocycles. The lowest BCUT2D eigenvalue weighted by atomic mass is 9.84. The predicted molar refractivity (Wildman–Crippen MR) is 512 cm³/mol. The number of thioether (sulfide) groups is 6. The Hall–Kier alpha value is -2.60. The Labute approximate surface area is 752 Å². The van der Waals surface area contributed by atoms with Crippen LogP contribution < -0.4 is 0 Å². The zero-order valence-corrected chi connectivity index (χ0v) is 84.1. The van der Waals surface area contributed by atoms with E-state index in [0.717, 1.165) is 118 Å². The van der Waals surface area contributed by atoms with Crippen molar-refractivity contribution in [2.24, 2.45) is 59.2 Å². The minimum absolute atomic E-state index is 0.00870. The maximum Gasteiger partial charge on any atom is 0.164 e. The highest BCUT2D eigenvalue weighted by atomic mass is 32.2. The Bertz CT molecular complexity index is 2930. The van der Waals surface area contributed by atoms with E-state index in [-0.39, 0.29) is 35.1 Å². The van der Waals surface area contributed by atoms with Crippen LogP contribution in [0.1, 0.15) is 257 Å². The molecule has 0 aromatic heterocycles. The van der Waals surface area contributed by atoms with Crippen molar-refractivity contribution in [1.82, 2.24) is 0 Å². The first kappa shape index (κ1) is 115. The van der Waals surface area contributed by atoms with E-state index in [9.17, 15) is 35.1 Å². The highest BCUT2D eigenvalue weighted by Gasteiger charge is 2.21. The van der Waals surface area contributed by atoms with E-state index in [1.165, 1.54) is 176 Å². The minimum Gasteiger partial charge on any atom is -0.378 e. The quantitative estimate of drug-likeness (QED) is 0.110. The van der Waals surface area contributed by atoms with Gasteiger partial charge in [-0.3, -0.25) is 0 Å². The third-order valence-electron chi connectivity index (χ3n) is 21.2. The van der Waals surface area contributed by atoms with Gasteiger partial charge in [-0.2, -0.15) is 23.5 Å². The van der Waals surface area contributed by atoms with Crippen molar-refractivity contribution < 1.29 is 63.5 Å². The Morgan fingerprint density at radius 1 is 0.233 bits per heavy atom. The number of hydrogen-bond acceptors (Lipinski definition) is 12. The molecule has 8 saturated heterocycles. The SMILES string of the molecule is CC1CCC(C)CC1.CC1CCC(C)OC1.CC1CCC(C)OC1.CC1CCC(C)SC1.CC1CCC(C)SC1.CC1COC(C)OC1.CC1COC(C)OC1.CC1CSC(C)SC1.CC1CSC(C)SC1.Cc1cc(F)c(C)c(F)c1.Cc1cc(F)c(C)c(F)c1F.Cc1ccc(C)c(F)c1.Cc1ccc(C)c(F)c1F.Cc1ccc(C)cc1. The number of hydrogen-bond donors (Lipinski definition) is 0. The predicted octanol–water partition coefficient (Wildman–Crippen LogP) is 31.1. The van der Waals surface area contributed by atoms with Crippen molar-refractivity contribution in [3.05, 3.63) is 175 Å². The molecule has 0 amide bonds. The second kappa shape index (κ2) is 65.9. The smallest absolute Gasteiger partial charge is 0.164 e. The maximum atomic E-state index is 12.6. The largest absolute Gasteiger partial charge is 0.378 e. The summed E-state index contributed by atoms with van der Waals surface area (Å²) in [5.41, 5.74) is 5.46. The van der Waals surface area contributed by atoms with Crippen LogP contribution in [0.3, 0.4) is 0 Å². The highest BCUT2D eigenvalue weighted by Crippen LogP contribution is 2.35. The summed E-state index contributed by atoms with van der Waals surface area (Å²) in [6, 6.07) is 20.4. The lowest BCUT2D eigenvalue weighted by Crippen LogP contribution is -2.27. The maximum absolute atomic E-state index is 12.6. The first-order valence-electron chi connectivity index (χ1n) is 44.4. The van der Waals surface area contributed by atoms with E-state index in [2.05, 4.69) is 219 Å². The molecule has 1 saturated carbocycles. The molecule has 20 heteroatoms. The molecule has 0 bridgehead atoms. The topological polar surface area (TPSA) is 55.4 Å². The van der Waals surface area contributed by atoms with Gasteiger partial charge < -0.3 is 28.4 Å². The third-order valence-corrected chi connectivity index (χ3v) is 30.9. The monoisotopic (exact) mass is 1800 g/mol. The Morgan fingerprint density at radius 3 is 0.792 bits per heavy atom. The van der Waals surface area contributed by atoms with Gasteiger partial charge in [0, 0.05) is 55.8 Å². The van der Waals surface area contributed by atoms with Crippen LogP contribution in [0.2, 0.25) is 0 Å². The second-order valence-corrected chi connectivity index (χ2v) is 44.6. The number of ether oxygens (including phenoxy) is 6. The molecule has 8 atom stereocenters. The standard InChI is InChI=1S/C8H7F3.2C8H8F2.C8H9F.C8H16.C8H10.2C7H14O.2C7H14S.2C6H12O2.2C6H12S2/c1-4-3-6(9)5(2)8(11)7(4)10;1-5-3-7(9)6(2)8(10)4-5;1-5-3-4-6(2)8(10)7(5)9;1-6-3-4-7(2)8(9)5-6;2*1-7-3-5-8(2)6-4-7;4*1-6-3-4-7(2)8-5-6;4*1-5-3-7-6(2)8-4-5/h3H,1-2H3;2*3-4H,1-2H3;3-5H,1-2H3;7-8H,3-6H2,1-2H3;3-6H,1-2H3;4*6-7H,3-5H2,1-2H3;4*5-6H,3-4H2,1-2H3. The first-order chi connectivity index (χ1) is 56.3. The Balaban J connectivity index is 0.000000647. The molecule has 8 unspecified atom stereocenters. The summed E-state index contributed by atoms with van der Waals surface area (Å²) in [7, 11) is 0. The summed E-state index contributed by atoms with van der Waals surface area (Å²) in [4.78, 5) is 0. The fourth-order valence-electron chi connectivity index (χ4n) is 11.9. The minimum atomic E-state index is -1.09. The molecule has 14 rings (SSSR count). The van der Waals surface area contributed by atoms with E-state index in [4.69, 9.17) is 28.4 Å². The molecule has 6 nitrogen and oxygen atoms in total. The zero-order chi connectivity index (χ0) is 90.7. The third kappa shape index (κ3) is 56.6. The molecule has 690 valence electrons. The molecule has 0 N–H and O–H groups in total. The van der Waals surface area contributed by atoms with Gasteiger partial charge in [0.2, 0.25) is 0 Å². The van der Waals surface area contributed by atoms with E-state index >= 15 is 0 Å². The molecular formula is C100H162F8O6S6. The first-order valence-corrected chi connectivity index (χ1v) is 50.7. The lowest BCUT2D eigenvalue weighted by Gasteiger charge is -2.24. The zero-order valence-electron chi connectivity index (χ0n) is 79.2. The summed E-state index contributed by atoms with van der Waals surface area (Å²) < 4.78 is 134. The second-order valence-electron chi connectivity index (χ2n) is 35.5. The van der Waals surface area contributed by atoms with Crippen LogP contribution in [0.4, 0.5) is 35.1 Å². The highest BCUT2D eigenvalue weighted by molar-refractivity contribution is 8.17. The van der Waals surface area contributed by atoms with Crippen LogP contribution in [0, 0.1) is 175 Å². The Morgan fingerprint density at radius 2 is 0.517 bits per heavy atom.